The number of hydrogen-bond acceptors (Lipinski definition) is 3. The molecule has 0 aliphatic carbocycles. The first kappa shape index (κ1) is 18.8. The van der Waals surface area contributed by atoms with Gasteiger partial charge in [-0.25, -0.2) is 9.48 Å². The van der Waals surface area contributed by atoms with Crippen LogP contribution in [-0.4, -0.2) is 34.1 Å². The number of alkyl halides is 3. The number of amides is 2. The van der Waals surface area contributed by atoms with Gasteiger partial charge in [0.25, 0.3) is 0 Å². The number of aliphatic hydroxyl groups is 1. The molecule has 0 radical (unpaired) electrons. The summed E-state index contributed by atoms with van der Waals surface area (Å²) in [5.74, 6) is 0. The lowest BCUT2D eigenvalue weighted by Gasteiger charge is -2.16. The van der Waals surface area contributed by atoms with Gasteiger partial charge in [0, 0.05) is 18.8 Å². The third kappa shape index (κ3) is 4.72. The van der Waals surface area contributed by atoms with E-state index in [9.17, 15) is 18.0 Å². The minimum absolute atomic E-state index is 0.0226. The molecular weight excluding hydrogens is 337 g/mol. The topological polar surface area (TPSA) is 79.2 Å². The van der Waals surface area contributed by atoms with Crippen molar-refractivity contribution < 1.29 is 23.1 Å². The van der Waals surface area contributed by atoms with Gasteiger partial charge in [-0.15, -0.1) is 0 Å². The molecule has 0 aliphatic rings. The van der Waals surface area contributed by atoms with E-state index in [1.54, 1.807) is 19.9 Å². The molecule has 0 fully saturated rings. The molecule has 0 spiro atoms. The number of urea groups is 1. The third-order valence-corrected chi connectivity index (χ3v) is 3.49. The maximum atomic E-state index is 13.4. The Morgan fingerprint density at radius 1 is 1.24 bits per heavy atom. The second kappa shape index (κ2) is 7.56. The molecule has 0 bridgehead atoms. The molecule has 1 aromatic carbocycles. The quantitative estimate of drug-likeness (QED) is 0.769. The Kier molecular flexibility index (Phi) is 5.68. The smallest absolute Gasteiger partial charge is 0.395 e. The minimum Gasteiger partial charge on any atom is -0.395 e. The zero-order valence-corrected chi connectivity index (χ0v) is 13.8. The molecule has 6 nitrogen and oxygen atoms in total. The van der Waals surface area contributed by atoms with Crippen LogP contribution in [0.25, 0.3) is 5.69 Å². The molecule has 1 heterocycles. The molecule has 0 unspecified atom stereocenters. The molecular formula is C16H19F3N4O2. The summed E-state index contributed by atoms with van der Waals surface area (Å²) >= 11 is 0. The van der Waals surface area contributed by atoms with Crippen LogP contribution in [0.15, 0.2) is 24.3 Å². The monoisotopic (exact) mass is 356 g/mol. The summed E-state index contributed by atoms with van der Waals surface area (Å²) in [7, 11) is 0. The highest BCUT2D eigenvalue weighted by atomic mass is 19.4. The number of halogens is 3. The summed E-state index contributed by atoms with van der Waals surface area (Å²) in [5, 5.41) is 17.5. The zero-order chi connectivity index (χ0) is 18.6. The summed E-state index contributed by atoms with van der Waals surface area (Å²) < 4.78 is 41.6. The van der Waals surface area contributed by atoms with Crippen LogP contribution in [0, 0.1) is 13.8 Å². The van der Waals surface area contributed by atoms with Crippen LogP contribution >= 0.6 is 0 Å². The van der Waals surface area contributed by atoms with E-state index in [-0.39, 0.29) is 25.3 Å². The maximum absolute atomic E-state index is 13.4. The fourth-order valence-electron chi connectivity index (χ4n) is 2.41. The summed E-state index contributed by atoms with van der Waals surface area (Å²) in [5.41, 5.74) is 0.834. The van der Waals surface area contributed by atoms with Crippen molar-refractivity contribution in [1.82, 2.24) is 20.4 Å². The maximum Gasteiger partial charge on any atom is 0.416 e. The Labute approximate surface area is 142 Å². The van der Waals surface area contributed by atoms with Gasteiger partial charge >= 0.3 is 12.2 Å². The minimum atomic E-state index is -4.56. The highest BCUT2D eigenvalue weighted by Crippen LogP contribution is 2.33. The van der Waals surface area contributed by atoms with Crippen LogP contribution in [0.1, 0.15) is 22.5 Å². The molecule has 0 atom stereocenters. The van der Waals surface area contributed by atoms with E-state index in [0.29, 0.717) is 11.4 Å². The molecule has 136 valence electrons. The molecule has 25 heavy (non-hydrogen) atoms. The van der Waals surface area contributed by atoms with Gasteiger partial charge in [0.2, 0.25) is 0 Å². The number of carbonyl (C=O) groups is 1. The number of aromatic nitrogens is 2. The van der Waals surface area contributed by atoms with Gasteiger partial charge in [0.1, 0.15) is 0 Å². The summed E-state index contributed by atoms with van der Waals surface area (Å²) in [6.07, 6.45) is -4.56. The van der Waals surface area contributed by atoms with Crippen molar-refractivity contribution in [3.05, 3.63) is 46.8 Å². The lowest BCUT2D eigenvalue weighted by molar-refractivity contribution is -0.138. The van der Waals surface area contributed by atoms with Gasteiger partial charge in [-0.05, 0) is 37.6 Å². The van der Waals surface area contributed by atoms with Gasteiger partial charge in [-0.3, -0.25) is 0 Å². The molecule has 2 amide bonds. The van der Waals surface area contributed by atoms with E-state index in [2.05, 4.69) is 15.7 Å². The van der Waals surface area contributed by atoms with Gasteiger partial charge < -0.3 is 15.7 Å². The predicted octanol–water partition coefficient (Wildman–Crippen LogP) is 2.30. The SMILES string of the molecule is Cc1cc(C)n(-c2ccc(CNC(=O)NCCO)c(C(F)(F)F)c2)n1. The van der Waals surface area contributed by atoms with E-state index >= 15 is 0 Å². The van der Waals surface area contributed by atoms with Crippen molar-refractivity contribution in [2.45, 2.75) is 26.6 Å². The average molecular weight is 356 g/mol. The predicted molar refractivity (Wildman–Crippen MR) is 85.4 cm³/mol. The van der Waals surface area contributed by atoms with Crippen molar-refractivity contribution in [3.63, 3.8) is 0 Å². The van der Waals surface area contributed by atoms with E-state index in [1.165, 1.54) is 16.8 Å². The van der Waals surface area contributed by atoms with E-state index in [1.807, 2.05) is 0 Å². The largest absolute Gasteiger partial charge is 0.416 e. The molecule has 0 saturated heterocycles. The number of aryl methyl sites for hydroxylation is 2. The second-order valence-electron chi connectivity index (χ2n) is 5.51. The standard InChI is InChI=1S/C16H19F3N4O2/c1-10-7-11(2)23(22-10)13-4-3-12(14(8-13)16(17,18)19)9-21-15(25)20-5-6-24/h3-4,7-8,24H,5-6,9H2,1-2H3,(H2,20,21,25). The van der Waals surface area contributed by atoms with Crippen LogP contribution in [-0.2, 0) is 12.7 Å². The zero-order valence-electron chi connectivity index (χ0n) is 13.8. The van der Waals surface area contributed by atoms with Gasteiger partial charge in [-0.2, -0.15) is 18.3 Å². The molecule has 9 heteroatoms. The van der Waals surface area contributed by atoms with Crippen molar-refractivity contribution in [3.8, 4) is 5.69 Å². The Morgan fingerprint density at radius 3 is 2.52 bits per heavy atom. The number of carbonyl (C=O) groups excluding carboxylic acids is 1. The summed E-state index contributed by atoms with van der Waals surface area (Å²) in [4.78, 5) is 11.4. The molecule has 0 saturated carbocycles. The first-order valence-electron chi connectivity index (χ1n) is 7.58. The summed E-state index contributed by atoms with van der Waals surface area (Å²) in [6, 6.07) is 4.99. The van der Waals surface area contributed by atoms with Gasteiger partial charge in [0.05, 0.1) is 23.6 Å². The van der Waals surface area contributed by atoms with Crippen LogP contribution in [0.5, 0.6) is 0 Å². The molecule has 2 rings (SSSR count). The number of nitrogens with zero attached hydrogens (tertiary/aromatic N) is 2. The highest BCUT2D eigenvalue weighted by Gasteiger charge is 2.34. The molecule has 3 N–H and O–H groups in total. The van der Waals surface area contributed by atoms with Crippen LogP contribution in [0.3, 0.4) is 0 Å². The van der Waals surface area contributed by atoms with Crippen molar-refractivity contribution in [2.24, 2.45) is 0 Å². The second-order valence-corrected chi connectivity index (χ2v) is 5.51. The van der Waals surface area contributed by atoms with Crippen LogP contribution in [0.2, 0.25) is 0 Å². The van der Waals surface area contributed by atoms with Crippen LogP contribution in [0.4, 0.5) is 18.0 Å². The Morgan fingerprint density at radius 2 is 1.96 bits per heavy atom. The van der Waals surface area contributed by atoms with E-state index in [4.69, 9.17) is 5.11 Å². The van der Waals surface area contributed by atoms with Gasteiger partial charge in [0.15, 0.2) is 0 Å². The Bertz CT molecular complexity index is 756. The lowest BCUT2D eigenvalue weighted by atomic mass is 10.1. The van der Waals surface area contributed by atoms with Crippen molar-refractivity contribution in [1.29, 1.82) is 0 Å². The fraction of sp³-hybridized carbons (Fsp3) is 0.375. The van der Waals surface area contributed by atoms with E-state index in [0.717, 1.165) is 11.8 Å². The first-order valence-corrected chi connectivity index (χ1v) is 7.58. The highest BCUT2D eigenvalue weighted by molar-refractivity contribution is 5.73. The first-order chi connectivity index (χ1) is 11.7. The Balaban J connectivity index is 2.29. The normalized spacial score (nSPS) is 11.4. The third-order valence-electron chi connectivity index (χ3n) is 3.49. The number of rotatable bonds is 5. The number of hydrogen-bond donors (Lipinski definition) is 3. The van der Waals surface area contributed by atoms with Crippen molar-refractivity contribution >= 4 is 6.03 Å². The Hall–Kier alpha value is -2.55. The number of benzene rings is 1. The number of aliphatic hydroxyl groups excluding tert-OH is 1. The van der Waals surface area contributed by atoms with Gasteiger partial charge in [-0.1, -0.05) is 6.07 Å². The van der Waals surface area contributed by atoms with E-state index < -0.39 is 17.8 Å². The molecule has 0 aliphatic heterocycles. The van der Waals surface area contributed by atoms with Crippen LogP contribution < -0.4 is 10.6 Å². The molecule has 2 aromatic rings. The lowest BCUT2D eigenvalue weighted by Crippen LogP contribution is -2.36. The molecule has 1 aromatic heterocycles. The average Bonchev–Trinajstić information content (AvgIpc) is 2.88. The summed E-state index contributed by atoms with van der Waals surface area (Å²) in [6.45, 7) is 3.00. The fourth-order valence-corrected chi connectivity index (χ4v) is 2.41. The number of nitrogens with one attached hydrogen (secondary N) is 2. The van der Waals surface area contributed by atoms with Crippen molar-refractivity contribution in [2.75, 3.05) is 13.2 Å².